The highest BCUT2D eigenvalue weighted by atomic mass is 16.5. The zero-order valence-corrected chi connectivity index (χ0v) is 11.8. The quantitative estimate of drug-likeness (QED) is 0.753. The van der Waals surface area contributed by atoms with Gasteiger partial charge in [-0.1, -0.05) is 0 Å². The van der Waals surface area contributed by atoms with E-state index in [1.165, 1.54) is 6.20 Å². The van der Waals surface area contributed by atoms with Gasteiger partial charge in [0.1, 0.15) is 0 Å². The maximum absolute atomic E-state index is 11.6. The number of nitrogens with one attached hydrogen (secondary N) is 2. The molecule has 1 atom stereocenters. The van der Waals surface area contributed by atoms with E-state index in [9.17, 15) is 4.79 Å². The molecule has 1 unspecified atom stereocenters. The molecular formula is C13H20N4O3. The molecule has 0 amide bonds. The van der Waals surface area contributed by atoms with Crippen molar-refractivity contribution in [3.63, 3.8) is 0 Å². The Kier molecular flexibility index (Phi) is 5.25. The zero-order valence-electron chi connectivity index (χ0n) is 11.8. The normalized spacial score (nSPS) is 18.6. The average Bonchev–Trinajstić information content (AvgIpc) is 2.46. The number of nitrogens with zero attached hydrogens (tertiary/aromatic N) is 2. The Morgan fingerprint density at radius 1 is 1.65 bits per heavy atom. The fourth-order valence-corrected chi connectivity index (χ4v) is 1.92. The summed E-state index contributed by atoms with van der Waals surface area (Å²) >= 11 is 0. The Balaban J connectivity index is 1.92. The van der Waals surface area contributed by atoms with E-state index in [2.05, 4.69) is 20.6 Å². The standard InChI is InChI=1S/C13H20N4O3/c1-3-19-12(18)11-8-16-13(17-9(11)2)15-7-10-6-14-4-5-20-10/h8,10,14H,3-7H2,1-2H3,(H,15,16,17). The van der Waals surface area contributed by atoms with Gasteiger partial charge in [0.05, 0.1) is 30.6 Å². The largest absolute Gasteiger partial charge is 0.462 e. The lowest BCUT2D eigenvalue weighted by atomic mass is 10.2. The highest BCUT2D eigenvalue weighted by Gasteiger charge is 2.15. The number of esters is 1. The number of rotatable bonds is 5. The third-order valence-corrected chi connectivity index (χ3v) is 2.97. The number of anilines is 1. The van der Waals surface area contributed by atoms with E-state index >= 15 is 0 Å². The third-order valence-electron chi connectivity index (χ3n) is 2.97. The lowest BCUT2D eigenvalue weighted by Crippen LogP contribution is -2.42. The van der Waals surface area contributed by atoms with Crippen molar-refractivity contribution in [3.05, 3.63) is 17.5 Å². The van der Waals surface area contributed by atoms with E-state index < -0.39 is 5.97 Å². The van der Waals surface area contributed by atoms with Crippen LogP contribution >= 0.6 is 0 Å². The summed E-state index contributed by atoms with van der Waals surface area (Å²) in [5.74, 6) is 0.0982. The van der Waals surface area contributed by atoms with Gasteiger partial charge in [-0.05, 0) is 13.8 Å². The number of hydrogen-bond acceptors (Lipinski definition) is 7. The summed E-state index contributed by atoms with van der Waals surface area (Å²) in [7, 11) is 0. The van der Waals surface area contributed by atoms with Gasteiger partial charge in [-0.25, -0.2) is 14.8 Å². The van der Waals surface area contributed by atoms with Gasteiger partial charge in [0, 0.05) is 25.8 Å². The Hall–Kier alpha value is -1.73. The molecule has 20 heavy (non-hydrogen) atoms. The molecule has 2 N–H and O–H groups in total. The Morgan fingerprint density at radius 3 is 3.15 bits per heavy atom. The predicted molar refractivity (Wildman–Crippen MR) is 73.8 cm³/mol. The van der Waals surface area contributed by atoms with Crippen molar-refractivity contribution < 1.29 is 14.3 Å². The second-order valence-electron chi connectivity index (χ2n) is 4.49. The molecule has 7 nitrogen and oxygen atoms in total. The van der Waals surface area contributed by atoms with Crippen LogP contribution < -0.4 is 10.6 Å². The lowest BCUT2D eigenvalue weighted by molar-refractivity contribution is 0.0371. The first-order chi connectivity index (χ1) is 9.70. The maximum atomic E-state index is 11.6. The molecular weight excluding hydrogens is 260 g/mol. The van der Waals surface area contributed by atoms with Crippen LogP contribution in [0.3, 0.4) is 0 Å². The van der Waals surface area contributed by atoms with Crippen molar-refractivity contribution in [2.45, 2.75) is 20.0 Å². The van der Waals surface area contributed by atoms with Gasteiger partial charge in [0.15, 0.2) is 0 Å². The van der Waals surface area contributed by atoms with E-state index in [0.29, 0.717) is 37.0 Å². The third kappa shape index (κ3) is 3.88. The van der Waals surface area contributed by atoms with Crippen LogP contribution in [0.5, 0.6) is 0 Å². The van der Waals surface area contributed by atoms with Crippen LogP contribution in [0.4, 0.5) is 5.95 Å². The van der Waals surface area contributed by atoms with Crippen LogP contribution in [0.1, 0.15) is 23.0 Å². The number of hydrogen-bond donors (Lipinski definition) is 2. The van der Waals surface area contributed by atoms with Crippen LogP contribution in [0.15, 0.2) is 6.20 Å². The molecule has 1 aromatic heterocycles. The molecule has 110 valence electrons. The molecule has 1 fully saturated rings. The SMILES string of the molecule is CCOC(=O)c1cnc(NCC2CNCCO2)nc1C. The summed E-state index contributed by atoms with van der Waals surface area (Å²) in [5, 5.41) is 6.37. The van der Waals surface area contributed by atoms with Crippen molar-refractivity contribution in [3.8, 4) is 0 Å². The van der Waals surface area contributed by atoms with Gasteiger partial charge >= 0.3 is 5.97 Å². The van der Waals surface area contributed by atoms with Crippen LogP contribution in [-0.4, -0.2) is 54.9 Å². The zero-order chi connectivity index (χ0) is 14.4. The summed E-state index contributed by atoms with van der Waals surface area (Å²) in [6.07, 6.45) is 1.60. The molecule has 1 aromatic rings. The van der Waals surface area contributed by atoms with E-state index in [-0.39, 0.29) is 6.10 Å². The van der Waals surface area contributed by atoms with Gasteiger partial charge in [0.2, 0.25) is 5.95 Å². The van der Waals surface area contributed by atoms with Crippen LogP contribution in [0, 0.1) is 6.92 Å². The second kappa shape index (κ2) is 7.16. The van der Waals surface area contributed by atoms with Crippen molar-refractivity contribution in [1.82, 2.24) is 15.3 Å². The maximum Gasteiger partial charge on any atom is 0.341 e. The van der Waals surface area contributed by atoms with Crippen LogP contribution in [0.2, 0.25) is 0 Å². The fraction of sp³-hybridized carbons (Fsp3) is 0.615. The number of ether oxygens (including phenoxy) is 2. The molecule has 2 heterocycles. The van der Waals surface area contributed by atoms with Crippen molar-refractivity contribution in [1.29, 1.82) is 0 Å². The topological polar surface area (TPSA) is 85.4 Å². The Morgan fingerprint density at radius 2 is 2.50 bits per heavy atom. The monoisotopic (exact) mass is 280 g/mol. The number of aryl methyl sites for hydroxylation is 1. The summed E-state index contributed by atoms with van der Waals surface area (Å²) in [6, 6.07) is 0. The van der Waals surface area contributed by atoms with E-state index in [0.717, 1.165) is 13.1 Å². The van der Waals surface area contributed by atoms with Gasteiger partial charge in [-0.3, -0.25) is 0 Å². The Bertz CT molecular complexity index is 461. The minimum Gasteiger partial charge on any atom is -0.462 e. The smallest absolute Gasteiger partial charge is 0.341 e. The van der Waals surface area contributed by atoms with Crippen LogP contribution in [-0.2, 0) is 9.47 Å². The number of carbonyl (C=O) groups is 1. The second-order valence-corrected chi connectivity index (χ2v) is 4.49. The molecule has 1 aliphatic rings. The molecule has 0 radical (unpaired) electrons. The van der Waals surface area contributed by atoms with E-state index in [1.54, 1.807) is 13.8 Å². The van der Waals surface area contributed by atoms with Gasteiger partial charge < -0.3 is 20.1 Å². The molecule has 1 aliphatic heterocycles. The molecule has 2 rings (SSSR count). The van der Waals surface area contributed by atoms with Crippen molar-refractivity contribution in [2.75, 3.05) is 38.2 Å². The molecule has 1 saturated heterocycles. The molecule has 7 heteroatoms. The number of carbonyl (C=O) groups excluding carboxylic acids is 1. The molecule has 0 saturated carbocycles. The van der Waals surface area contributed by atoms with Crippen molar-refractivity contribution >= 4 is 11.9 Å². The predicted octanol–water partition coefficient (Wildman–Crippen LogP) is 0.362. The van der Waals surface area contributed by atoms with E-state index in [1.807, 2.05) is 0 Å². The first-order valence-corrected chi connectivity index (χ1v) is 6.77. The fourth-order valence-electron chi connectivity index (χ4n) is 1.92. The Labute approximate surface area is 118 Å². The summed E-state index contributed by atoms with van der Waals surface area (Å²) in [5.41, 5.74) is 0.997. The average molecular weight is 280 g/mol. The lowest BCUT2D eigenvalue weighted by Gasteiger charge is -2.23. The molecule has 0 spiro atoms. The highest BCUT2D eigenvalue weighted by Crippen LogP contribution is 2.09. The molecule has 0 bridgehead atoms. The summed E-state index contributed by atoms with van der Waals surface area (Å²) < 4.78 is 10.5. The minimum absolute atomic E-state index is 0.109. The molecule has 0 aromatic carbocycles. The first kappa shape index (κ1) is 14.7. The highest BCUT2D eigenvalue weighted by molar-refractivity contribution is 5.90. The van der Waals surface area contributed by atoms with Crippen LogP contribution in [0.25, 0.3) is 0 Å². The first-order valence-electron chi connectivity index (χ1n) is 6.77. The van der Waals surface area contributed by atoms with E-state index in [4.69, 9.17) is 9.47 Å². The van der Waals surface area contributed by atoms with Gasteiger partial charge in [-0.15, -0.1) is 0 Å². The summed E-state index contributed by atoms with van der Waals surface area (Å²) in [4.78, 5) is 20.0. The van der Waals surface area contributed by atoms with Gasteiger partial charge in [-0.2, -0.15) is 0 Å². The minimum atomic E-state index is -0.392. The number of aromatic nitrogens is 2. The molecule has 0 aliphatic carbocycles. The number of morpholine rings is 1. The van der Waals surface area contributed by atoms with Crippen molar-refractivity contribution in [2.24, 2.45) is 0 Å². The summed E-state index contributed by atoms with van der Waals surface area (Å²) in [6.45, 7) is 6.91. The van der Waals surface area contributed by atoms with Gasteiger partial charge in [0.25, 0.3) is 0 Å².